The zero-order valence-electron chi connectivity index (χ0n) is 16.5. The monoisotopic (exact) mass is 370 g/mol. The van der Waals surface area contributed by atoms with Crippen LogP contribution in [-0.4, -0.2) is 41.6 Å². The zero-order chi connectivity index (χ0) is 18.5. The molecule has 0 spiro atoms. The molecule has 3 aliphatic rings. The summed E-state index contributed by atoms with van der Waals surface area (Å²) >= 11 is 0. The Balaban J connectivity index is 1.39. The quantitative estimate of drug-likeness (QED) is 0.822. The van der Waals surface area contributed by atoms with Crippen molar-refractivity contribution in [3.63, 3.8) is 0 Å². The lowest BCUT2D eigenvalue weighted by Crippen LogP contribution is -2.61. The van der Waals surface area contributed by atoms with Crippen molar-refractivity contribution in [1.29, 1.82) is 0 Å². The number of hydrogen-bond donors (Lipinski definition) is 1. The van der Waals surface area contributed by atoms with E-state index in [1.54, 1.807) is 0 Å². The summed E-state index contributed by atoms with van der Waals surface area (Å²) in [4.78, 5) is 16.0. The molecular weight excluding hydrogens is 336 g/mol. The molecule has 0 bridgehead atoms. The Morgan fingerprint density at radius 3 is 2.48 bits per heavy atom. The van der Waals surface area contributed by atoms with Gasteiger partial charge in [0.2, 0.25) is 5.91 Å². The van der Waals surface area contributed by atoms with Gasteiger partial charge in [0.05, 0.1) is 18.8 Å². The Morgan fingerprint density at radius 2 is 1.74 bits per heavy atom. The summed E-state index contributed by atoms with van der Waals surface area (Å²) in [5.74, 6) is 0.282. The van der Waals surface area contributed by atoms with E-state index in [1.165, 1.54) is 37.7 Å². The highest BCUT2D eigenvalue weighted by atomic mass is 16.5. The topological polar surface area (TPSA) is 41.6 Å². The molecule has 0 unspecified atom stereocenters. The number of benzene rings is 1. The van der Waals surface area contributed by atoms with Gasteiger partial charge in [-0.2, -0.15) is 0 Å². The minimum Gasteiger partial charge on any atom is -0.371 e. The van der Waals surface area contributed by atoms with E-state index < -0.39 is 0 Å². The van der Waals surface area contributed by atoms with Crippen LogP contribution in [0.15, 0.2) is 30.3 Å². The van der Waals surface area contributed by atoms with Crippen LogP contribution in [0.4, 0.5) is 0 Å². The van der Waals surface area contributed by atoms with Gasteiger partial charge >= 0.3 is 0 Å². The first-order valence-corrected chi connectivity index (χ1v) is 11.0. The molecule has 1 aliphatic heterocycles. The second-order valence-electron chi connectivity index (χ2n) is 8.63. The number of carbonyl (C=O) groups is 1. The molecule has 2 aliphatic carbocycles. The van der Waals surface area contributed by atoms with Crippen molar-refractivity contribution in [2.24, 2.45) is 0 Å². The SMILES string of the molecule is O=C(N[C@@H]1CCC[C@H]1OCc1ccccc1)C1(N2CCCC2)CCCCC1. The average Bonchev–Trinajstić information content (AvgIpc) is 3.40. The van der Waals surface area contributed by atoms with Crippen molar-refractivity contribution < 1.29 is 9.53 Å². The minimum atomic E-state index is -0.249. The Kier molecular flexibility index (Phi) is 6.14. The second kappa shape index (κ2) is 8.74. The van der Waals surface area contributed by atoms with E-state index >= 15 is 0 Å². The number of hydrogen-bond acceptors (Lipinski definition) is 3. The van der Waals surface area contributed by atoms with E-state index in [2.05, 4.69) is 34.5 Å². The molecule has 1 N–H and O–H groups in total. The number of nitrogens with zero attached hydrogens (tertiary/aromatic N) is 1. The molecule has 1 saturated heterocycles. The fraction of sp³-hybridized carbons (Fsp3) is 0.696. The van der Waals surface area contributed by atoms with Gasteiger partial charge in [0, 0.05) is 0 Å². The first-order chi connectivity index (χ1) is 13.3. The lowest BCUT2D eigenvalue weighted by Gasteiger charge is -2.44. The largest absolute Gasteiger partial charge is 0.371 e. The van der Waals surface area contributed by atoms with Gasteiger partial charge in [0.15, 0.2) is 0 Å². The van der Waals surface area contributed by atoms with Gasteiger partial charge in [-0.05, 0) is 63.6 Å². The van der Waals surface area contributed by atoms with Crippen LogP contribution in [0.2, 0.25) is 0 Å². The summed E-state index contributed by atoms with van der Waals surface area (Å²) in [5.41, 5.74) is 0.955. The molecule has 4 rings (SSSR count). The number of ether oxygens (including phenoxy) is 1. The highest BCUT2D eigenvalue weighted by molar-refractivity contribution is 5.86. The molecule has 27 heavy (non-hydrogen) atoms. The molecule has 1 amide bonds. The third-order valence-electron chi connectivity index (χ3n) is 6.89. The van der Waals surface area contributed by atoms with Crippen LogP contribution in [0.1, 0.15) is 69.8 Å². The third kappa shape index (κ3) is 4.22. The molecule has 2 atom stereocenters. The third-order valence-corrected chi connectivity index (χ3v) is 6.89. The second-order valence-corrected chi connectivity index (χ2v) is 8.63. The predicted molar refractivity (Wildman–Crippen MR) is 107 cm³/mol. The Morgan fingerprint density at radius 1 is 1.00 bits per heavy atom. The first-order valence-electron chi connectivity index (χ1n) is 11.0. The summed E-state index contributed by atoms with van der Waals surface area (Å²) in [6.45, 7) is 2.81. The fourth-order valence-corrected chi connectivity index (χ4v) is 5.34. The maximum atomic E-state index is 13.5. The van der Waals surface area contributed by atoms with Gasteiger partial charge in [-0.3, -0.25) is 9.69 Å². The lowest BCUT2D eigenvalue weighted by atomic mass is 9.79. The highest BCUT2D eigenvalue weighted by Gasteiger charge is 2.46. The van der Waals surface area contributed by atoms with Crippen LogP contribution >= 0.6 is 0 Å². The van der Waals surface area contributed by atoms with Gasteiger partial charge in [-0.1, -0.05) is 49.6 Å². The van der Waals surface area contributed by atoms with E-state index in [4.69, 9.17) is 4.74 Å². The van der Waals surface area contributed by atoms with Crippen LogP contribution in [0, 0.1) is 0 Å². The summed E-state index contributed by atoms with van der Waals surface area (Å²) in [6, 6.07) is 10.5. The molecule has 0 radical (unpaired) electrons. The lowest BCUT2D eigenvalue weighted by molar-refractivity contribution is -0.137. The Hall–Kier alpha value is -1.39. The van der Waals surface area contributed by atoms with Crippen molar-refractivity contribution in [3.05, 3.63) is 35.9 Å². The van der Waals surface area contributed by atoms with E-state index in [0.717, 1.165) is 45.2 Å². The van der Waals surface area contributed by atoms with Gasteiger partial charge in [0.1, 0.15) is 5.54 Å². The minimum absolute atomic E-state index is 0.147. The summed E-state index contributed by atoms with van der Waals surface area (Å²) in [7, 11) is 0. The number of amides is 1. The zero-order valence-corrected chi connectivity index (χ0v) is 16.5. The normalized spacial score (nSPS) is 28.3. The molecule has 1 aromatic rings. The van der Waals surface area contributed by atoms with E-state index in [-0.39, 0.29) is 23.6 Å². The number of rotatable bonds is 6. The standard InChI is InChI=1S/C23H34N2O2/c26-22(23(14-5-2-6-15-23)25-16-7-8-17-25)24-20-12-9-13-21(20)27-18-19-10-3-1-4-11-19/h1,3-4,10-11,20-21H,2,5-9,12-18H2,(H,24,26)/t20-,21-/m1/s1. The van der Waals surface area contributed by atoms with Crippen molar-refractivity contribution in [2.45, 2.75) is 88.5 Å². The molecule has 4 nitrogen and oxygen atoms in total. The van der Waals surface area contributed by atoms with Crippen molar-refractivity contribution in [2.75, 3.05) is 13.1 Å². The van der Waals surface area contributed by atoms with Gasteiger partial charge < -0.3 is 10.1 Å². The molecule has 3 fully saturated rings. The number of nitrogens with one attached hydrogen (secondary N) is 1. The summed E-state index contributed by atoms with van der Waals surface area (Å²) < 4.78 is 6.22. The van der Waals surface area contributed by atoms with Crippen LogP contribution in [0.3, 0.4) is 0 Å². The van der Waals surface area contributed by atoms with Crippen LogP contribution < -0.4 is 5.32 Å². The van der Waals surface area contributed by atoms with Gasteiger partial charge in [-0.15, -0.1) is 0 Å². The van der Waals surface area contributed by atoms with E-state index in [0.29, 0.717) is 6.61 Å². The number of likely N-dealkylation sites (tertiary alicyclic amines) is 1. The maximum Gasteiger partial charge on any atom is 0.240 e. The predicted octanol–water partition coefficient (Wildman–Crippen LogP) is 4.04. The molecule has 1 heterocycles. The Bertz CT molecular complexity index is 606. The van der Waals surface area contributed by atoms with Crippen molar-refractivity contribution in [3.8, 4) is 0 Å². The molecule has 0 aromatic heterocycles. The van der Waals surface area contributed by atoms with Gasteiger partial charge in [0.25, 0.3) is 0 Å². The molecular formula is C23H34N2O2. The van der Waals surface area contributed by atoms with Crippen LogP contribution in [-0.2, 0) is 16.1 Å². The van der Waals surface area contributed by atoms with Crippen molar-refractivity contribution >= 4 is 5.91 Å². The molecule has 2 saturated carbocycles. The fourth-order valence-electron chi connectivity index (χ4n) is 5.34. The molecule has 1 aromatic carbocycles. The molecule has 4 heteroatoms. The first kappa shape index (κ1) is 18.9. The van der Waals surface area contributed by atoms with Gasteiger partial charge in [-0.25, -0.2) is 0 Å². The summed E-state index contributed by atoms with van der Waals surface area (Å²) in [5, 5.41) is 3.45. The van der Waals surface area contributed by atoms with E-state index in [9.17, 15) is 4.79 Å². The molecule has 148 valence electrons. The van der Waals surface area contributed by atoms with E-state index in [1.807, 2.05) is 6.07 Å². The highest BCUT2D eigenvalue weighted by Crippen LogP contribution is 2.37. The van der Waals surface area contributed by atoms with Crippen LogP contribution in [0.5, 0.6) is 0 Å². The van der Waals surface area contributed by atoms with Crippen molar-refractivity contribution in [1.82, 2.24) is 10.2 Å². The Labute approximate surface area is 163 Å². The number of carbonyl (C=O) groups excluding carboxylic acids is 1. The maximum absolute atomic E-state index is 13.5. The smallest absolute Gasteiger partial charge is 0.240 e. The van der Waals surface area contributed by atoms with Crippen LogP contribution in [0.25, 0.3) is 0 Å². The summed E-state index contributed by atoms with van der Waals surface area (Å²) in [6.07, 6.45) is 11.6. The average molecular weight is 371 g/mol.